The molecular formula is C17H33N5O5. The minimum absolute atomic E-state index is 0.241. The lowest BCUT2D eigenvalue weighted by Gasteiger charge is -2.19. The maximum Gasteiger partial charge on any atom is 0.326 e. The van der Waals surface area contributed by atoms with Crippen molar-refractivity contribution in [3.8, 4) is 0 Å². The first-order valence-electron chi connectivity index (χ1n) is 9.14. The maximum absolute atomic E-state index is 12.0. The molecule has 0 aromatic rings. The summed E-state index contributed by atoms with van der Waals surface area (Å²) in [5.74, 6) is -2.54. The van der Waals surface area contributed by atoms with Gasteiger partial charge >= 0.3 is 5.97 Å². The van der Waals surface area contributed by atoms with E-state index in [1.165, 1.54) is 6.92 Å². The number of unbranched alkanes of at least 4 members (excludes halogenated alkanes) is 1. The third kappa shape index (κ3) is 11.2. The Balaban J connectivity index is 4.35. The molecule has 10 heteroatoms. The van der Waals surface area contributed by atoms with E-state index >= 15 is 0 Å². The highest BCUT2D eigenvalue weighted by atomic mass is 16.4. The van der Waals surface area contributed by atoms with Crippen LogP contribution in [-0.4, -0.2) is 60.0 Å². The third-order valence-corrected chi connectivity index (χ3v) is 3.82. The summed E-state index contributed by atoms with van der Waals surface area (Å²) in [7, 11) is 0. The van der Waals surface area contributed by atoms with Gasteiger partial charge in [0.1, 0.15) is 12.1 Å². The van der Waals surface area contributed by atoms with Crippen LogP contribution in [-0.2, 0) is 19.2 Å². The van der Waals surface area contributed by atoms with Gasteiger partial charge in [-0.15, -0.1) is 0 Å². The standard InChI is InChI=1S/C17H33N5O5/c1-10(2)8-12(19)16(25)21-11(3)15(24)20-9-14(23)22-13(17(26)27)6-4-5-7-18/h10-13H,4-9,18-19H2,1-3H3,(H,20,24)(H,21,25)(H,22,23)(H,26,27). The predicted molar refractivity (Wildman–Crippen MR) is 101 cm³/mol. The molecule has 0 aliphatic heterocycles. The zero-order chi connectivity index (χ0) is 21.0. The number of carboxylic acids is 1. The van der Waals surface area contributed by atoms with Crippen molar-refractivity contribution in [2.24, 2.45) is 17.4 Å². The molecule has 0 saturated carbocycles. The van der Waals surface area contributed by atoms with E-state index in [1.807, 2.05) is 13.8 Å². The molecule has 0 aromatic heterocycles. The summed E-state index contributed by atoms with van der Waals surface area (Å²) in [6.45, 7) is 5.39. The Hall–Kier alpha value is -2.20. The number of rotatable bonds is 13. The number of nitrogens with one attached hydrogen (secondary N) is 3. The first-order chi connectivity index (χ1) is 12.6. The number of nitrogens with two attached hydrogens (primary N) is 2. The summed E-state index contributed by atoms with van der Waals surface area (Å²) in [5, 5.41) is 16.3. The Bertz CT molecular complexity index is 512. The van der Waals surface area contributed by atoms with Gasteiger partial charge in [-0.05, 0) is 45.1 Å². The van der Waals surface area contributed by atoms with Gasteiger partial charge in [0.2, 0.25) is 17.7 Å². The van der Waals surface area contributed by atoms with Crippen LogP contribution in [0.3, 0.4) is 0 Å². The Labute approximate surface area is 159 Å². The van der Waals surface area contributed by atoms with E-state index in [0.29, 0.717) is 25.8 Å². The Kier molecular flexibility index (Phi) is 12.0. The van der Waals surface area contributed by atoms with Crippen LogP contribution in [0.4, 0.5) is 0 Å². The molecule has 27 heavy (non-hydrogen) atoms. The number of carboxylic acid groups (broad SMARTS) is 1. The van der Waals surface area contributed by atoms with Gasteiger partial charge in [0, 0.05) is 0 Å². The second kappa shape index (κ2) is 13.0. The van der Waals surface area contributed by atoms with Crippen molar-refractivity contribution >= 4 is 23.7 Å². The van der Waals surface area contributed by atoms with Crippen LogP contribution < -0.4 is 27.4 Å². The summed E-state index contributed by atoms with van der Waals surface area (Å²) in [4.78, 5) is 46.9. The van der Waals surface area contributed by atoms with Gasteiger partial charge in [0.15, 0.2) is 0 Å². The van der Waals surface area contributed by atoms with Gasteiger partial charge in [0.25, 0.3) is 0 Å². The normalized spacial score (nSPS) is 14.1. The average molecular weight is 387 g/mol. The molecule has 0 aromatic carbocycles. The second-order valence-corrected chi connectivity index (χ2v) is 6.93. The summed E-state index contributed by atoms with van der Waals surface area (Å²) in [6, 6.07) is -2.62. The molecule has 0 aliphatic rings. The van der Waals surface area contributed by atoms with Crippen LogP contribution in [0.25, 0.3) is 0 Å². The second-order valence-electron chi connectivity index (χ2n) is 6.93. The lowest BCUT2D eigenvalue weighted by atomic mass is 10.0. The highest BCUT2D eigenvalue weighted by Crippen LogP contribution is 2.03. The quantitative estimate of drug-likeness (QED) is 0.212. The van der Waals surface area contributed by atoms with E-state index < -0.39 is 48.4 Å². The van der Waals surface area contributed by atoms with Crippen LogP contribution in [0.5, 0.6) is 0 Å². The molecule has 10 nitrogen and oxygen atoms in total. The molecule has 0 fully saturated rings. The van der Waals surface area contributed by atoms with Crippen LogP contribution in [0.2, 0.25) is 0 Å². The fourth-order valence-electron chi connectivity index (χ4n) is 2.32. The third-order valence-electron chi connectivity index (χ3n) is 3.82. The first kappa shape index (κ1) is 24.8. The lowest BCUT2D eigenvalue weighted by molar-refractivity contribution is -0.142. The molecule has 0 heterocycles. The van der Waals surface area contributed by atoms with Gasteiger partial charge in [0.05, 0.1) is 12.6 Å². The summed E-state index contributed by atoms with van der Waals surface area (Å²) >= 11 is 0. The number of aliphatic carboxylic acids is 1. The molecule has 3 unspecified atom stereocenters. The Morgan fingerprint density at radius 3 is 2.15 bits per heavy atom. The van der Waals surface area contributed by atoms with Crippen molar-refractivity contribution in [3.63, 3.8) is 0 Å². The number of amides is 3. The molecule has 0 saturated heterocycles. The fraction of sp³-hybridized carbons (Fsp3) is 0.765. The molecule has 3 amide bonds. The van der Waals surface area contributed by atoms with Crippen LogP contribution in [0.15, 0.2) is 0 Å². The van der Waals surface area contributed by atoms with Crippen LogP contribution in [0, 0.1) is 5.92 Å². The molecule has 0 spiro atoms. The molecular weight excluding hydrogens is 354 g/mol. The lowest BCUT2D eigenvalue weighted by Crippen LogP contribution is -2.52. The zero-order valence-corrected chi connectivity index (χ0v) is 16.3. The highest BCUT2D eigenvalue weighted by molar-refractivity contribution is 5.92. The van der Waals surface area contributed by atoms with Gasteiger partial charge < -0.3 is 32.5 Å². The average Bonchev–Trinajstić information content (AvgIpc) is 2.57. The van der Waals surface area contributed by atoms with Crippen molar-refractivity contribution < 1.29 is 24.3 Å². The molecule has 156 valence electrons. The number of carbonyl (C=O) groups excluding carboxylic acids is 3. The van der Waals surface area contributed by atoms with Crippen LogP contribution in [0.1, 0.15) is 46.5 Å². The topological polar surface area (TPSA) is 177 Å². The minimum atomic E-state index is -1.15. The fourth-order valence-corrected chi connectivity index (χ4v) is 2.32. The highest BCUT2D eigenvalue weighted by Gasteiger charge is 2.22. The SMILES string of the molecule is CC(C)CC(N)C(=O)NC(C)C(=O)NCC(=O)NC(CCCCN)C(=O)O. The summed E-state index contributed by atoms with van der Waals surface area (Å²) < 4.78 is 0. The molecule has 3 atom stereocenters. The van der Waals surface area contributed by atoms with Gasteiger partial charge in [-0.3, -0.25) is 14.4 Å². The number of hydrogen-bond acceptors (Lipinski definition) is 6. The molecule has 8 N–H and O–H groups in total. The smallest absolute Gasteiger partial charge is 0.326 e. The van der Waals surface area contributed by atoms with Crippen molar-refractivity contribution in [1.82, 2.24) is 16.0 Å². The van der Waals surface area contributed by atoms with E-state index in [0.717, 1.165) is 0 Å². The van der Waals surface area contributed by atoms with Crippen molar-refractivity contribution in [2.45, 2.75) is 64.6 Å². The van der Waals surface area contributed by atoms with Crippen molar-refractivity contribution in [2.75, 3.05) is 13.1 Å². The molecule has 0 radical (unpaired) electrons. The zero-order valence-electron chi connectivity index (χ0n) is 16.3. The van der Waals surface area contributed by atoms with E-state index in [1.54, 1.807) is 0 Å². The van der Waals surface area contributed by atoms with Gasteiger partial charge in [-0.2, -0.15) is 0 Å². The number of hydrogen-bond donors (Lipinski definition) is 6. The summed E-state index contributed by atoms with van der Waals surface area (Å²) in [6.07, 6.45) is 1.97. The minimum Gasteiger partial charge on any atom is -0.480 e. The van der Waals surface area contributed by atoms with Crippen LogP contribution >= 0.6 is 0 Å². The molecule has 0 bridgehead atoms. The first-order valence-corrected chi connectivity index (χ1v) is 9.14. The summed E-state index contributed by atoms with van der Waals surface area (Å²) in [5.41, 5.74) is 11.1. The Morgan fingerprint density at radius 1 is 1.00 bits per heavy atom. The monoisotopic (exact) mass is 387 g/mol. The van der Waals surface area contributed by atoms with E-state index in [4.69, 9.17) is 16.6 Å². The van der Waals surface area contributed by atoms with Crippen molar-refractivity contribution in [1.29, 1.82) is 0 Å². The molecule has 0 rings (SSSR count). The van der Waals surface area contributed by atoms with E-state index in [2.05, 4.69) is 16.0 Å². The van der Waals surface area contributed by atoms with E-state index in [9.17, 15) is 19.2 Å². The van der Waals surface area contributed by atoms with Crippen molar-refractivity contribution in [3.05, 3.63) is 0 Å². The largest absolute Gasteiger partial charge is 0.480 e. The number of carbonyl (C=O) groups is 4. The predicted octanol–water partition coefficient (Wildman–Crippen LogP) is -1.32. The maximum atomic E-state index is 12.0. The Morgan fingerprint density at radius 2 is 1.63 bits per heavy atom. The van der Waals surface area contributed by atoms with Gasteiger partial charge in [-0.1, -0.05) is 13.8 Å². The van der Waals surface area contributed by atoms with Gasteiger partial charge in [-0.25, -0.2) is 4.79 Å². The van der Waals surface area contributed by atoms with E-state index in [-0.39, 0.29) is 12.3 Å². The molecule has 0 aliphatic carbocycles.